The van der Waals surface area contributed by atoms with Crippen LogP contribution in [0.5, 0.6) is 5.75 Å². The molecule has 0 aliphatic rings. The lowest BCUT2D eigenvalue weighted by molar-refractivity contribution is 0.412. The number of aryl methyl sites for hydroxylation is 1. The lowest BCUT2D eigenvalue weighted by Crippen LogP contribution is -2.15. The number of rotatable bonds is 7. The predicted octanol–water partition coefficient (Wildman–Crippen LogP) is 3.02. The molecule has 0 spiro atoms. The number of imidazole rings is 1. The Kier molecular flexibility index (Phi) is 5.01. The van der Waals surface area contributed by atoms with Gasteiger partial charge in [0.2, 0.25) is 0 Å². The average Bonchev–Trinajstić information content (AvgIpc) is 2.86. The molecule has 0 amide bonds. The summed E-state index contributed by atoms with van der Waals surface area (Å²) in [6, 6.07) is 4.17. The number of hydrogen-bond donors (Lipinski definition) is 1. The minimum absolute atomic E-state index is 0.879. The van der Waals surface area contributed by atoms with E-state index in [9.17, 15) is 0 Å². The van der Waals surface area contributed by atoms with Crippen molar-refractivity contribution in [3.05, 3.63) is 23.5 Å². The zero-order chi connectivity index (χ0) is 14.5. The van der Waals surface area contributed by atoms with Crippen LogP contribution in [0.25, 0.3) is 11.0 Å². The maximum Gasteiger partial charge on any atom is 0.144 e. The summed E-state index contributed by atoms with van der Waals surface area (Å²) in [5, 5.41) is 0. The van der Waals surface area contributed by atoms with Gasteiger partial charge in [-0.05, 0) is 38.6 Å². The van der Waals surface area contributed by atoms with E-state index >= 15 is 0 Å². The smallest absolute Gasteiger partial charge is 0.144 e. The number of nitrogens with one attached hydrogen (secondary N) is 1. The van der Waals surface area contributed by atoms with E-state index in [4.69, 9.17) is 9.72 Å². The summed E-state index contributed by atoms with van der Waals surface area (Å²) in [5.74, 6) is 1.95. The number of benzene rings is 1. The van der Waals surface area contributed by atoms with Crippen LogP contribution < -0.4 is 4.74 Å². The van der Waals surface area contributed by atoms with Crippen LogP contribution in [0.3, 0.4) is 0 Å². The lowest BCUT2D eigenvalue weighted by atomic mass is 10.1. The summed E-state index contributed by atoms with van der Waals surface area (Å²) >= 11 is 0. The zero-order valence-corrected chi connectivity index (χ0v) is 13.0. The number of unbranched alkanes of at least 4 members (excludes halogenated alkanes) is 1. The van der Waals surface area contributed by atoms with Crippen molar-refractivity contribution in [2.45, 2.75) is 32.6 Å². The minimum atomic E-state index is 0.879. The van der Waals surface area contributed by atoms with Gasteiger partial charge in [-0.3, -0.25) is 0 Å². The van der Waals surface area contributed by atoms with Gasteiger partial charge in [0.1, 0.15) is 17.1 Å². The monoisotopic (exact) mass is 275 g/mol. The molecule has 0 fully saturated rings. The van der Waals surface area contributed by atoms with Gasteiger partial charge in [0.25, 0.3) is 0 Å². The predicted molar refractivity (Wildman–Crippen MR) is 83.5 cm³/mol. The maximum absolute atomic E-state index is 5.44. The Morgan fingerprint density at radius 2 is 2.05 bits per heavy atom. The molecule has 1 N–H and O–H groups in total. The van der Waals surface area contributed by atoms with Crippen molar-refractivity contribution in [3.8, 4) is 5.75 Å². The normalized spacial score (nSPS) is 11.4. The quantitative estimate of drug-likeness (QED) is 0.844. The van der Waals surface area contributed by atoms with E-state index in [-0.39, 0.29) is 0 Å². The van der Waals surface area contributed by atoms with Crippen LogP contribution in [0.15, 0.2) is 12.1 Å². The SMILES string of the molecule is CCCCc1nc2c(CCN(C)C)ccc(OC)c2[nH]1. The summed E-state index contributed by atoms with van der Waals surface area (Å²) in [6.45, 7) is 3.23. The molecule has 0 atom stereocenters. The molecule has 0 saturated heterocycles. The Balaban J connectivity index is 2.35. The number of aromatic amines is 1. The molecule has 1 heterocycles. The zero-order valence-electron chi connectivity index (χ0n) is 13.0. The molecule has 4 heteroatoms. The number of fused-ring (bicyclic) bond motifs is 1. The van der Waals surface area contributed by atoms with Crippen molar-refractivity contribution in [1.82, 2.24) is 14.9 Å². The molecule has 0 aliphatic heterocycles. The second kappa shape index (κ2) is 6.75. The molecule has 4 nitrogen and oxygen atoms in total. The van der Waals surface area contributed by atoms with Crippen LogP contribution in [-0.4, -0.2) is 42.6 Å². The Hall–Kier alpha value is -1.55. The van der Waals surface area contributed by atoms with E-state index in [2.05, 4.69) is 37.0 Å². The molecule has 20 heavy (non-hydrogen) atoms. The van der Waals surface area contributed by atoms with Crippen molar-refractivity contribution in [3.63, 3.8) is 0 Å². The van der Waals surface area contributed by atoms with Crippen molar-refractivity contribution in [2.75, 3.05) is 27.7 Å². The highest BCUT2D eigenvalue weighted by molar-refractivity contribution is 5.85. The summed E-state index contributed by atoms with van der Waals surface area (Å²) in [4.78, 5) is 10.4. The van der Waals surface area contributed by atoms with Gasteiger partial charge < -0.3 is 14.6 Å². The lowest BCUT2D eigenvalue weighted by Gasteiger charge is -2.10. The highest BCUT2D eigenvalue weighted by Gasteiger charge is 2.12. The number of likely N-dealkylation sites (N-methyl/N-ethyl adjacent to an activating group) is 1. The Morgan fingerprint density at radius 1 is 1.25 bits per heavy atom. The molecule has 0 aliphatic carbocycles. The number of hydrogen-bond acceptors (Lipinski definition) is 3. The maximum atomic E-state index is 5.44. The van der Waals surface area contributed by atoms with Gasteiger partial charge in [-0.1, -0.05) is 19.4 Å². The third kappa shape index (κ3) is 3.31. The summed E-state index contributed by atoms with van der Waals surface area (Å²) in [7, 11) is 5.90. The third-order valence-corrected chi connectivity index (χ3v) is 3.55. The summed E-state index contributed by atoms with van der Waals surface area (Å²) in [6.07, 6.45) is 4.35. The number of nitrogens with zero attached hydrogens (tertiary/aromatic N) is 2. The first-order valence-corrected chi connectivity index (χ1v) is 7.35. The highest BCUT2D eigenvalue weighted by Crippen LogP contribution is 2.27. The Labute approximate surface area is 121 Å². The topological polar surface area (TPSA) is 41.2 Å². The van der Waals surface area contributed by atoms with Crippen LogP contribution in [0.2, 0.25) is 0 Å². The van der Waals surface area contributed by atoms with Gasteiger partial charge >= 0.3 is 0 Å². The summed E-state index contributed by atoms with van der Waals surface area (Å²) < 4.78 is 5.44. The van der Waals surface area contributed by atoms with E-state index in [1.165, 1.54) is 12.0 Å². The number of methoxy groups -OCH3 is 1. The molecular weight excluding hydrogens is 250 g/mol. The number of ether oxygens (including phenoxy) is 1. The molecule has 2 rings (SSSR count). The average molecular weight is 275 g/mol. The van der Waals surface area contributed by atoms with Crippen molar-refractivity contribution >= 4 is 11.0 Å². The van der Waals surface area contributed by atoms with Gasteiger partial charge in [-0.2, -0.15) is 0 Å². The van der Waals surface area contributed by atoms with Crippen LogP contribution >= 0.6 is 0 Å². The van der Waals surface area contributed by atoms with Gasteiger partial charge in [-0.25, -0.2) is 4.98 Å². The molecule has 110 valence electrons. The Bertz CT molecular complexity index is 560. The first-order valence-electron chi connectivity index (χ1n) is 7.35. The van der Waals surface area contributed by atoms with Gasteiger partial charge in [0, 0.05) is 13.0 Å². The fourth-order valence-corrected chi connectivity index (χ4v) is 2.35. The fraction of sp³-hybridized carbons (Fsp3) is 0.562. The van der Waals surface area contributed by atoms with E-state index in [1.807, 2.05) is 6.07 Å². The molecule has 0 bridgehead atoms. The molecular formula is C16H25N3O. The molecule has 1 aromatic carbocycles. The first-order chi connectivity index (χ1) is 9.65. The number of H-pyrrole nitrogens is 1. The summed E-state index contributed by atoms with van der Waals surface area (Å²) in [5.41, 5.74) is 3.39. The fourth-order valence-electron chi connectivity index (χ4n) is 2.35. The second-order valence-corrected chi connectivity index (χ2v) is 5.49. The second-order valence-electron chi connectivity index (χ2n) is 5.49. The van der Waals surface area contributed by atoms with E-state index < -0.39 is 0 Å². The van der Waals surface area contributed by atoms with Gasteiger partial charge in [-0.15, -0.1) is 0 Å². The van der Waals surface area contributed by atoms with Crippen molar-refractivity contribution in [1.29, 1.82) is 0 Å². The van der Waals surface area contributed by atoms with Crippen LogP contribution in [-0.2, 0) is 12.8 Å². The third-order valence-electron chi connectivity index (χ3n) is 3.55. The van der Waals surface area contributed by atoms with Crippen LogP contribution in [0, 0.1) is 0 Å². The van der Waals surface area contributed by atoms with Crippen LogP contribution in [0.1, 0.15) is 31.2 Å². The highest BCUT2D eigenvalue weighted by atomic mass is 16.5. The molecule has 0 radical (unpaired) electrons. The standard InChI is InChI=1S/C16H25N3O/c1-5-6-7-14-17-15-12(10-11-19(2)3)8-9-13(20-4)16(15)18-14/h8-9H,5-7,10-11H2,1-4H3,(H,17,18). The van der Waals surface area contributed by atoms with E-state index in [0.717, 1.165) is 48.4 Å². The molecule has 1 aromatic heterocycles. The van der Waals surface area contributed by atoms with Gasteiger partial charge in [0.15, 0.2) is 0 Å². The molecule has 2 aromatic rings. The van der Waals surface area contributed by atoms with E-state index in [0.29, 0.717) is 0 Å². The largest absolute Gasteiger partial charge is 0.494 e. The Morgan fingerprint density at radius 3 is 2.70 bits per heavy atom. The van der Waals surface area contributed by atoms with Crippen LogP contribution in [0.4, 0.5) is 0 Å². The van der Waals surface area contributed by atoms with Gasteiger partial charge in [0.05, 0.1) is 12.6 Å². The van der Waals surface area contributed by atoms with Crippen molar-refractivity contribution < 1.29 is 4.74 Å². The minimum Gasteiger partial charge on any atom is -0.494 e. The first kappa shape index (κ1) is 14.9. The molecule has 0 saturated carbocycles. The van der Waals surface area contributed by atoms with E-state index in [1.54, 1.807) is 7.11 Å². The molecule has 0 unspecified atom stereocenters. The van der Waals surface area contributed by atoms with Crippen molar-refractivity contribution in [2.24, 2.45) is 0 Å². The number of aromatic nitrogens is 2.